The number of carbonyl (C=O) groups excluding carboxylic acids is 1. The molecule has 0 atom stereocenters. The highest BCUT2D eigenvalue weighted by Gasteiger charge is 2.18. The Hall–Kier alpha value is -1.77. The highest BCUT2D eigenvalue weighted by atomic mass is 16.3. The molecule has 0 fully saturated rings. The fourth-order valence-corrected chi connectivity index (χ4v) is 1.65. The number of hydrogen-bond acceptors (Lipinski definition) is 2. The van der Waals surface area contributed by atoms with Crippen molar-refractivity contribution >= 4 is 16.9 Å². The third-order valence-electron chi connectivity index (χ3n) is 2.39. The van der Waals surface area contributed by atoms with Crippen LogP contribution < -0.4 is 5.32 Å². The summed E-state index contributed by atoms with van der Waals surface area (Å²) < 4.78 is 5.54. The second kappa shape index (κ2) is 3.91. The maximum absolute atomic E-state index is 11.9. The average Bonchev–Trinajstić information content (AvgIpc) is 2.57. The van der Waals surface area contributed by atoms with Gasteiger partial charge in [-0.05, 0) is 45.4 Å². The fourth-order valence-electron chi connectivity index (χ4n) is 1.65. The van der Waals surface area contributed by atoms with Gasteiger partial charge in [0.25, 0.3) is 5.91 Å². The Kier molecular flexibility index (Phi) is 2.69. The lowest BCUT2D eigenvalue weighted by atomic mass is 10.1. The Morgan fingerprint density at radius 2 is 1.94 bits per heavy atom. The molecule has 0 spiro atoms. The van der Waals surface area contributed by atoms with Gasteiger partial charge >= 0.3 is 0 Å². The molecule has 0 saturated heterocycles. The molecular formula is C14H17NO2. The number of carbonyl (C=O) groups is 1. The van der Waals surface area contributed by atoms with E-state index in [1.807, 2.05) is 45.9 Å². The van der Waals surface area contributed by atoms with E-state index in [1.165, 1.54) is 0 Å². The zero-order chi connectivity index (χ0) is 12.6. The Balaban J connectivity index is 2.33. The zero-order valence-electron chi connectivity index (χ0n) is 10.6. The Morgan fingerprint density at radius 3 is 2.59 bits per heavy atom. The van der Waals surface area contributed by atoms with E-state index in [0.29, 0.717) is 5.76 Å². The van der Waals surface area contributed by atoms with Crippen LogP contribution in [0.25, 0.3) is 11.0 Å². The molecule has 1 heterocycles. The Morgan fingerprint density at radius 1 is 1.24 bits per heavy atom. The molecule has 1 aromatic carbocycles. The number of benzene rings is 1. The van der Waals surface area contributed by atoms with Gasteiger partial charge in [-0.1, -0.05) is 12.1 Å². The van der Waals surface area contributed by atoms with Crippen LogP contribution in [0.1, 0.15) is 36.9 Å². The lowest BCUT2D eigenvalue weighted by Crippen LogP contribution is -2.40. The predicted molar refractivity (Wildman–Crippen MR) is 68.2 cm³/mol. The van der Waals surface area contributed by atoms with E-state index in [4.69, 9.17) is 4.42 Å². The lowest BCUT2D eigenvalue weighted by molar-refractivity contribution is 0.0893. The van der Waals surface area contributed by atoms with Crippen molar-refractivity contribution in [2.75, 3.05) is 0 Å². The van der Waals surface area contributed by atoms with Crippen molar-refractivity contribution in [1.29, 1.82) is 0 Å². The minimum atomic E-state index is -0.258. The van der Waals surface area contributed by atoms with Crippen molar-refractivity contribution in [2.45, 2.75) is 33.2 Å². The van der Waals surface area contributed by atoms with E-state index < -0.39 is 0 Å². The molecule has 3 heteroatoms. The monoisotopic (exact) mass is 231 g/mol. The standard InChI is InChI=1S/C14H17NO2/c1-9-5-6-10-8-12(17-11(10)7-9)13(16)15-14(2,3)4/h5-8H,1-4H3,(H,15,16). The third-order valence-corrected chi connectivity index (χ3v) is 2.39. The number of amides is 1. The molecule has 0 aliphatic heterocycles. The van der Waals surface area contributed by atoms with Crippen LogP contribution in [0.3, 0.4) is 0 Å². The molecule has 1 N–H and O–H groups in total. The Labute approximate surface area is 101 Å². The SMILES string of the molecule is Cc1ccc2cc(C(=O)NC(C)(C)C)oc2c1. The van der Waals surface area contributed by atoms with Gasteiger partial charge in [0.2, 0.25) is 0 Å². The Bertz CT molecular complexity index is 561. The molecule has 0 radical (unpaired) electrons. The molecule has 2 aromatic rings. The number of hydrogen-bond donors (Lipinski definition) is 1. The molecule has 3 nitrogen and oxygen atoms in total. The molecule has 0 bridgehead atoms. The normalized spacial score (nSPS) is 11.8. The van der Waals surface area contributed by atoms with Crippen LogP contribution in [0.15, 0.2) is 28.7 Å². The smallest absolute Gasteiger partial charge is 0.287 e. The number of fused-ring (bicyclic) bond motifs is 1. The summed E-state index contributed by atoms with van der Waals surface area (Å²) in [6.45, 7) is 7.82. The molecule has 0 aliphatic rings. The molecule has 2 rings (SSSR count). The maximum atomic E-state index is 11.9. The zero-order valence-corrected chi connectivity index (χ0v) is 10.6. The van der Waals surface area contributed by atoms with Gasteiger partial charge in [0, 0.05) is 10.9 Å². The first-order valence-corrected chi connectivity index (χ1v) is 5.68. The molecule has 1 aromatic heterocycles. The number of furan rings is 1. The molecule has 90 valence electrons. The van der Waals surface area contributed by atoms with Crippen LogP contribution in [0.4, 0.5) is 0 Å². The first kappa shape index (κ1) is 11.7. The second-order valence-electron chi connectivity index (χ2n) is 5.36. The van der Waals surface area contributed by atoms with Crippen molar-refractivity contribution in [1.82, 2.24) is 5.32 Å². The summed E-state index contributed by atoms with van der Waals surface area (Å²) in [5, 5.41) is 3.83. The molecule has 17 heavy (non-hydrogen) atoms. The minimum Gasteiger partial charge on any atom is -0.451 e. The molecular weight excluding hydrogens is 214 g/mol. The van der Waals surface area contributed by atoms with Crippen LogP contribution in [-0.4, -0.2) is 11.4 Å². The van der Waals surface area contributed by atoms with Crippen molar-refractivity contribution in [3.05, 3.63) is 35.6 Å². The van der Waals surface area contributed by atoms with Crippen LogP contribution in [-0.2, 0) is 0 Å². The average molecular weight is 231 g/mol. The first-order valence-electron chi connectivity index (χ1n) is 5.68. The number of rotatable bonds is 1. The first-order chi connectivity index (χ1) is 7.85. The van der Waals surface area contributed by atoms with Crippen LogP contribution >= 0.6 is 0 Å². The van der Waals surface area contributed by atoms with E-state index in [0.717, 1.165) is 16.5 Å². The van der Waals surface area contributed by atoms with E-state index in [2.05, 4.69) is 5.32 Å². The van der Waals surface area contributed by atoms with Gasteiger partial charge in [-0.2, -0.15) is 0 Å². The number of nitrogens with one attached hydrogen (secondary N) is 1. The van der Waals surface area contributed by atoms with Crippen molar-refractivity contribution in [2.24, 2.45) is 0 Å². The molecule has 1 amide bonds. The fraction of sp³-hybridized carbons (Fsp3) is 0.357. The van der Waals surface area contributed by atoms with E-state index in [-0.39, 0.29) is 11.4 Å². The van der Waals surface area contributed by atoms with Crippen LogP contribution in [0.5, 0.6) is 0 Å². The van der Waals surface area contributed by atoms with Crippen molar-refractivity contribution in [3.63, 3.8) is 0 Å². The quantitative estimate of drug-likeness (QED) is 0.818. The molecule has 0 saturated carbocycles. The van der Waals surface area contributed by atoms with Gasteiger partial charge in [0.15, 0.2) is 5.76 Å². The summed E-state index contributed by atoms with van der Waals surface area (Å²) in [6, 6.07) is 7.67. The van der Waals surface area contributed by atoms with Gasteiger partial charge in [-0.25, -0.2) is 0 Å². The summed E-state index contributed by atoms with van der Waals surface area (Å²) in [7, 11) is 0. The van der Waals surface area contributed by atoms with Crippen molar-refractivity contribution in [3.8, 4) is 0 Å². The maximum Gasteiger partial charge on any atom is 0.287 e. The van der Waals surface area contributed by atoms with Gasteiger partial charge in [0.1, 0.15) is 5.58 Å². The van der Waals surface area contributed by atoms with Gasteiger partial charge in [-0.15, -0.1) is 0 Å². The summed E-state index contributed by atoms with van der Waals surface area (Å²) in [5.41, 5.74) is 1.62. The highest BCUT2D eigenvalue weighted by Crippen LogP contribution is 2.20. The summed E-state index contributed by atoms with van der Waals surface area (Å²) in [6.07, 6.45) is 0. The van der Waals surface area contributed by atoms with Crippen LogP contribution in [0.2, 0.25) is 0 Å². The summed E-state index contributed by atoms with van der Waals surface area (Å²) in [5.74, 6) is 0.187. The van der Waals surface area contributed by atoms with E-state index in [9.17, 15) is 4.79 Å². The van der Waals surface area contributed by atoms with E-state index in [1.54, 1.807) is 6.07 Å². The highest BCUT2D eigenvalue weighted by molar-refractivity contribution is 5.96. The lowest BCUT2D eigenvalue weighted by Gasteiger charge is -2.19. The van der Waals surface area contributed by atoms with Gasteiger partial charge < -0.3 is 9.73 Å². The van der Waals surface area contributed by atoms with Crippen LogP contribution in [0, 0.1) is 6.92 Å². The number of aryl methyl sites for hydroxylation is 1. The van der Waals surface area contributed by atoms with Gasteiger partial charge in [0.05, 0.1) is 0 Å². The third kappa shape index (κ3) is 2.67. The molecule has 0 unspecified atom stereocenters. The predicted octanol–water partition coefficient (Wildman–Crippen LogP) is 3.27. The van der Waals surface area contributed by atoms with E-state index >= 15 is 0 Å². The molecule has 0 aliphatic carbocycles. The second-order valence-corrected chi connectivity index (χ2v) is 5.36. The largest absolute Gasteiger partial charge is 0.451 e. The summed E-state index contributed by atoms with van der Waals surface area (Å²) in [4.78, 5) is 11.9. The minimum absolute atomic E-state index is 0.175. The van der Waals surface area contributed by atoms with Gasteiger partial charge in [-0.3, -0.25) is 4.79 Å². The topological polar surface area (TPSA) is 42.2 Å². The summed E-state index contributed by atoms with van der Waals surface area (Å²) >= 11 is 0. The van der Waals surface area contributed by atoms with Crippen molar-refractivity contribution < 1.29 is 9.21 Å².